The summed E-state index contributed by atoms with van der Waals surface area (Å²) in [5.74, 6) is -0.548. The molecule has 0 aliphatic heterocycles. The molecule has 2 aromatic carbocycles. The van der Waals surface area contributed by atoms with Crippen LogP contribution in [0.4, 0.5) is 10.1 Å². The van der Waals surface area contributed by atoms with Crippen LogP contribution in [0, 0.1) is 11.0 Å². The highest BCUT2D eigenvalue weighted by Crippen LogP contribution is 2.16. The molecule has 0 saturated carbocycles. The van der Waals surface area contributed by atoms with Crippen molar-refractivity contribution in [3.8, 4) is 0 Å². The van der Waals surface area contributed by atoms with E-state index in [2.05, 4.69) is 0 Å². The highest BCUT2D eigenvalue weighted by Gasteiger charge is 2.08. The minimum atomic E-state index is -0.548. The lowest BCUT2D eigenvalue weighted by Gasteiger charge is -2.03. The maximum atomic E-state index is 13.3. The molecule has 4 heteroatoms. The fraction of sp³-hybridized carbons (Fsp3) is 0. The van der Waals surface area contributed by atoms with E-state index in [1.165, 1.54) is 24.4 Å². The molecule has 17 heavy (non-hydrogen) atoms. The van der Waals surface area contributed by atoms with Crippen molar-refractivity contribution in [1.29, 1.82) is 0 Å². The fourth-order valence-electron chi connectivity index (χ4n) is 1.38. The highest BCUT2D eigenvalue weighted by molar-refractivity contribution is 6.30. The maximum Gasteiger partial charge on any atom is 0.252 e. The van der Waals surface area contributed by atoms with Gasteiger partial charge in [0, 0.05) is 16.7 Å². The third-order valence-corrected chi connectivity index (χ3v) is 2.48. The van der Waals surface area contributed by atoms with Gasteiger partial charge in [0.2, 0.25) is 0 Å². The molecule has 2 aromatic rings. The van der Waals surface area contributed by atoms with Gasteiger partial charge in [0.1, 0.15) is 0 Å². The number of rotatable bonds is 2. The lowest BCUT2D eigenvalue weighted by atomic mass is 10.2. The van der Waals surface area contributed by atoms with Gasteiger partial charge in [0.15, 0.2) is 12.0 Å². The zero-order chi connectivity index (χ0) is 12.3. The molecule has 2 rings (SSSR count). The largest absolute Gasteiger partial charge is 0.618 e. The van der Waals surface area contributed by atoms with Crippen LogP contribution in [0.1, 0.15) is 5.56 Å². The molecule has 0 aromatic heterocycles. The normalized spacial score (nSPS) is 11.5. The molecule has 0 aliphatic rings. The van der Waals surface area contributed by atoms with E-state index in [0.29, 0.717) is 15.3 Å². The summed E-state index contributed by atoms with van der Waals surface area (Å²) >= 11 is 5.72. The number of hydrogen-bond acceptors (Lipinski definition) is 1. The second-order valence-electron chi connectivity index (χ2n) is 3.46. The van der Waals surface area contributed by atoms with Crippen LogP contribution in [-0.4, -0.2) is 11.0 Å². The van der Waals surface area contributed by atoms with E-state index >= 15 is 0 Å². The Balaban J connectivity index is 2.34. The first-order valence-electron chi connectivity index (χ1n) is 4.98. The lowest BCUT2D eigenvalue weighted by molar-refractivity contribution is -0.357. The molecular weight excluding hydrogens is 241 g/mol. The predicted molar refractivity (Wildman–Crippen MR) is 66.3 cm³/mol. The number of halogens is 2. The van der Waals surface area contributed by atoms with Gasteiger partial charge in [-0.2, -0.15) is 9.13 Å². The van der Waals surface area contributed by atoms with Crippen LogP contribution in [0.15, 0.2) is 48.5 Å². The molecule has 0 N–H and O–H groups in total. The predicted octanol–water partition coefficient (Wildman–Crippen LogP) is 3.74. The van der Waals surface area contributed by atoms with E-state index in [0.717, 1.165) is 0 Å². The van der Waals surface area contributed by atoms with Gasteiger partial charge in [-0.05, 0) is 30.3 Å². The molecule has 0 spiro atoms. The van der Waals surface area contributed by atoms with E-state index in [4.69, 9.17) is 11.6 Å². The number of benzene rings is 2. The molecule has 0 bridgehead atoms. The molecule has 0 aliphatic carbocycles. The molecule has 86 valence electrons. The standard InChI is InChI=1S/C13H9ClFNO/c14-11-7-5-10(6-8-11)9-16(17)13-4-2-1-3-12(13)15/h1-9H. The Kier molecular flexibility index (Phi) is 3.40. The Hall–Kier alpha value is -1.87. The summed E-state index contributed by atoms with van der Waals surface area (Å²) in [6.07, 6.45) is 1.30. The molecule has 0 atom stereocenters. The molecule has 2 nitrogen and oxygen atoms in total. The first kappa shape index (κ1) is 11.6. The molecule has 0 unspecified atom stereocenters. The highest BCUT2D eigenvalue weighted by atomic mass is 35.5. The van der Waals surface area contributed by atoms with Crippen LogP contribution in [-0.2, 0) is 0 Å². The minimum Gasteiger partial charge on any atom is -0.618 e. The third kappa shape index (κ3) is 2.82. The summed E-state index contributed by atoms with van der Waals surface area (Å²) in [4.78, 5) is 0. The molecule has 0 amide bonds. The van der Waals surface area contributed by atoms with Crippen molar-refractivity contribution in [2.24, 2.45) is 0 Å². The number of nitrogens with zero attached hydrogens (tertiary/aromatic N) is 1. The molecule has 0 fully saturated rings. The summed E-state index contributed by atoms with van der Waals surface area (Å²) in [6, 6.07) is 12.5. The topological polar surface area (TPSA) is 26.1 Å². The van der Waals surface area contributed by atoms with E-state index in [9.17, 15) is 9.60 Å². The van der Waals surface area contributed by atoms with Crippen LogP contribution in [0.3, 0.4) is 0 Å². The maximum absolute atomic E-state index is 13.3. The first-order valence-corrected chi connectivity index (χ1v) is 5.36. The van der Waals surface area contributed by atoms with E-state index in [-0.39, 0.29) is 5.69 Å². The van der Waals surface area contributed by atoms with Gasteiger partial charge in [-0.25, -0.2) is 0 Å². The van der Waals surface area contributed by atoms with Crippen molar-refractivity contribution in [3.63, 3.8) is 0 Å². The summed E-state index contributed by atoms with van der Waals surface area (Å²) in [7, 11) is 0. The smallest absolute Gasteiger partial charge is 0.252 e. The molecule has 0 radical (unpaired) electrons. The van der Waals surface area contributed by atoms with Crippen molar-refractivity contribution < 1.29 is 9.13 Å². The average Bonchev–Trinajstić information content (AvgIpc) is 2.32. The van der Waals surface area contributed by atoms with Gasteiger partial charge in [-0.15, -0.1) is 0 Å². The Morgan fingerprint density at radius 2 is 1.71 bits per heavy atom. The lowest BCUT2D eigenvalue weighted by Crippen LogP contribution is -2.00. The monoisotopic (exact) mass is 249 g/mol. The summed E-state index contributed by atoms with van der Waals surface area (Å²) in [5.41, 5.74) is 0.648. The van der Waals surface area contributed by atoms with Crippen molar-refractivity contribution in [1.82, 2.24) is 0 Å². The van der Waals surface area contributed by atoms with E-state index in [1.54, 1.807) is 30.3 Å². The van der Waals surface area contributed by atoms with Crippen molar-refractivity contribution >= 4 is 23.5 Å². The second-order valence-corrected chi connectivity index (χ2v) is 3.89. The quantitative estimate of drug-likeness (QED) is 0.345. The third-order valence-electron chi connectivity index (χ3n) is 2.23. The van der Waals surface area contributed by atoms with Crippen molar-refractivity contribution in [2.45, 2.75) is 0 Å². The van der Waals surface area contributed by atoms with Crippen LogP contribution in [0.2, 0.25) is 5.02 Å². The van der Waals surface area contributed by atoms with Gasteiger partial charge in [0.05, 0.1) is 0 Å². The Bertz CT molecular complexity index is 552. The average molecular weight is 250 g/mol. The van der Waals surface area contributed by atoms with Crippen LogP contribution < -0.4 is 0 Å². The number of para-hydroxylation sites is 1. The van der Waals surface area contributed by atoms with Crippen LogP contribution in [0.5, 0.6) is 0 Å². The Morgan fingerprint density at radius 1 is 1.06 bits per heavy atom. The Labute approximate surface area is 103 Å². The van der Waals surface area contributed by atoms with Crippen molar-refractivity contribution in [2.75, 3.05) is 0 Å². The van der Waals surface area contributed by atoms with Gasteiger partial charge in [-0.1, -0.05) is 23.7 Å². The molecule has 0 saturated heterocycles. The van der Waals surface area contributed by atoms with E-state index in [1.807, 2.05) is 0 Å². The van der Waals surface area contributed by atoms with Crippen LogP contribution >= 0.6 is 11.6 Å². The Morgan fingerprint density at radius 3 is 2.35 bits per heavy atom. The van der Waals surface area contributed by atoms with Crippen molar-refractivity contribution in [3.05, 3.63) is 70.1 Å². The summed E-state index contributed by atoms with van der Waals surface area (Å²) in [6.45, 7) is 0. The zero-order valence-corrected chi connectivity index (χ0v) is 9.56. The van der Waals surface area contributed by atoms with Crippen LogP contribution in [0.25, 0.3) is 0 Å². The van der Waals surface area contributed by atoms with Gasteiger partial charge >= 0.3 is 0 Å². The number of hydrogen-bond donors (Lipinski definition) is 0. The first-order chi connectivity index (χ1) is 8.16. The zero-order valence-electron chi connectivity index (χ0n) is 8.81. The molecular formula is C13H9ClFNO. The van der Waals surface area contributed by atoms with Gasteiger partial charge in [0.25, 0.3) is 5.69 Å². The second kappa shape index (κ2) is 4.97. The minimum absolute atomic E-state index is 0.0116. The summed E-state index contributed by atoms with van der Waals surface area (Å²) in [5, 5.41) is 12.3. The van der Waals surface area contributed by atoms with E-state index < -0.39 is 5.82 Å². The fourth-order valence-corrected chi connectivity index (χ4v) is 1.51. The SMILES string of the molecule is [O-][N+](=Cc1ccc(Cl)cc1)c1ccccc1F. The molecule has 0 heterocycles. The van der Waals surface area contributed by atoms with Gasteiger partial charge < -0.3 is 5.21 Å². The summed E-state index contributed by atoms with van der Waals surface area (Å²) < 4.78 is 13.8. The van der Waals surface area contributed by atoms with Gasteiger partial charge in [-0.3, -0.25) is 0 Å².